The highest BCUT2D eigenvalue weighted by atomic mass is 79.9. The van der Waals surface area contributed by atoms with Gasteiger partial charge < -0.3 is 14.5 Å². The average Bonchev–Trinajstić information content (AvgIpc) is 2.47. The summed E-state index contributed by atoms with van der Waals surface area (Å²) in [4.78, 5) is 32.7. The standard InChI is InChI=1S/C17H24BrN3O3/c1-11-10-20(16(23)24-17(3,4)5)6-7-21(11)15(22)14-8-13(18)9-19-12(14)2/h8-9,11H,6-7,10H2,1-5H3. The van der Waals surface area contributed by atoms with Crippen molar-refractivity contribution in [2.75, 3.05) is 19.6 Å². The van der Waals surface area contributed by atoms with E-state index in [0.717, 1.165) is 4.47 Å². The molecule has 0 aliphatic carbocycles. The van der Waals surface area contributed by atoms with E-state index in [9.17, 15) is 9.59 Å². The van der Waals surface area contributed by atoms with E-state index < -0.39 is 5.60 Å². The number of nitrogens with zero attached hydrogens (tertiary/aromatic N) is 3. The number of rotatable bonds is 1. The lowest BCUT2D eigenvalue weighted by Gasteiger charge is -2.40. The van der Waals surface area contributed by atoms with Gasteiger partial charge in [-0.05, 0) is 56.6 Å². The van der Waals surface area contributed by atoms with Crippen LogP contribution in [-0.2, 0) is 4.74 Å². The van der Waals surface area contributed by atoms with Gasteiger partial charge in [0.25, 0.3) is 5.91 Å². The summed E-state index contributed by atoms with van der Waals surface area (Å²) in [6, 6.07) is 1.70. The Labute approximate surface area is 151 Å². The topological polar surface area (TPSA) is 62.7 Å². The predicted molar refractivity (Wildman–Crippen MR) is 95.0 cm³/mol. The van der Waals surface area contributed by atoms with Crippen LogP contribution in [-0.4, -0.2) is 58.1 Å². The highest BCUT2D eigenvalue weighted by Crippen LogP contribution is 2.20. The maximum Gasteiger partial charge on any atom is 0.410 e. The first kappa shape index (κ1) is 18.7. The Kier molecular flexibility index (Phi) is 5.52. The van der Waals surface area contributed by atoms with Gasteiger partial charge in [-0.3, -0.25) is 9.78 Å². The molecule has 2 amide bonds. The molecule has 7 heteroatoms. The fraction of sp³-hybridized carbons (Fsp3) is 0.588. The molecule has 1 unspecified atom stereocenters. The van der Waals surface area contributed by atoms with Crippen molar-refractivity contribution in [3.63, 3.8) is 0 Å². The molecule has 0 spiro atoms. The van der Waals surface area contributed by atoms with Crippen molar-refractivity contribution < 1.29 is 14.3 Å². The van der Waals surface area contributed by atoms with Crippen LogP contribution in [0.15, 0.2) is 16.7 Å². The van der Waals surface area contributed by atoms with Gasteiger partial charge in [0.05, 0.1) is 11.3 Å². The smallest absolute Gasteiger partial charge is 0.410 e. The summed E-state index contributed by atoms with van der Waals surface area (Å²) in [6.45, 7) is 10.7. The second-order valence-electron chi connectivity index (χ2n) is 7.06. The molecule has 1 aliphatic heterocycles. The van der Waals surface area contributed by atoms with Crippen LogP contribution in [0.5, 0.6) is 0 Å². The molecule has 24 heavy (non-hydrogen) atoms. The summed E-state index contributed by atoms with van der Waals surface area (Å²) in [6.07, 6.45) is 1.34. The molecular formula is C17H24BrN3O3. The van der Waals surface area contributed by atoms with Gasteiger partial charge in [-0.25, -0.2) is 4.79 Å². The number of carbonyl (C=O) groups excluding carboxylic acids is 2. The number of aryl methyl sites for hydroxylation is 1. The van der Waals surface area contributed by atoms with Gasteiger partial charge >= 0.3 is 6.09 Å². The van der Waals surface area contributed by atoms with E-state index in [0.29, 0.717) is 30.9 Å². The summed E-state index contributed by atoms with van der Waals surface area (Å²) in [5, 5.41) is 0. The Morgan fingerprint density at radius 2 is 2.00 bits per heavy atom. The summed E-state index contributed by atoms with van der Waals surface area (Å²) < 4.78 is 6.18. The van der Waals surface area contributed by atoms with E-state index in [-0.39, 0.29) is 18.0 Å². The van der Waals surface area contributed by atoms with Crippen LogP contribution in [0.1, 0.15) is 43.7 Å². The first-order chi connectivity index (χ1) is 11.1. The number of ether oxygens (including phenoxy) is 1. The molecule has 1 saturated heterocycles. The molecule has 1 aliphatic rings. The van der Waals surface area contributed by atoms with E-state index in [2.05, 4.69) is 20.9 Å². The molecular weight excluding hydrogens is 374 g/mol. The lowest BCUT2D eigenvalue weighted by atomic mass is 10.1. The Morgan fingerprint density at radius 1 is 1.33 bits per heavy atom. The van der Waals surface area contributed by atoms with Crippen LogP contribution < -0.4 is 0 Å². The van der Waals surface area contributed by atoms with Gasteiger partial charge in [-0.2, -0.15) is 0 Å². The summed E-state index contributed by atoms with van der Waals surface area (Å²) >= 11 is 3.36. The van der Waals surface area contributed by atoms with Crippen molar-refractivity contribution >= 4 is 27.9 Å². The zero-order valence-corrected chi connectivity index (χ0v) is 16.4. The third kappa shape index (κ3) is 4.47. The highest BCUT2D eigenvalue weighted by Gasteiger charge is 2.33. The molecule has 1 aromatic heterocycles. The first-order valence-corrected chi connectivity index (χ1v) is 8.79. The molecule has 132 valence electrons. The fourth-order valence-electron chi connectivity index (χ4n) is 2.63. The van der Waals surface area contributed by atoms with Crippen LogP contribution in [0, 0.1) is 6.92 Å². The van der Waals surface area contributed by atoms with E-state index in [1.807, 2.05) is 34.6 Å². The Bertz CT molecular complexity index is 642. The molecule has 1 fully saturated rings. The minimum atomic E-state index is -0.521. The van der Waals surface area contributed by atoms with Crippen LogP contribution in [0.3, 0.4) is 0 Å². The summed E-state index contributed by atoms with van der Waals surface area (Å²) in [7, 11) is 0. The molecule has 0 radical (unpaired) electrons. The van der Waals surface area contributed by atoms with E-state index in [4.69, 9.17) is 4.74 Å². The third-order valence-corrected chi connectivity index (χ3v) is 4.26. The maximum atomic E-state index is 12.8. The minimum absolute atomic E-state index is 0.0577. The number of carbonyl (C=O) groups is 2. The lowest BCUT2D eigenvalue weighted by Crippen LogP contribution is -2.56. The van der Waals surface area contributed by atoms with Crippen molar-refractivity contribution in [3.05, 3.63) is 28.0 Å². The van der Waals surface area contributed by atoms with Crippen molar-refractivity contribution in [2.24, 2.45) is 0 Å². The number of hydrogen-bond acceptors (Lipinski definition) is 4. The zero-order chi connectivity index (χ0) is 18.1. The molecule has 0 N–H and O–H groups in total. The van der Waals surface area contributed by atoms with E-state index in [1.165, 1.54) is 0 Å². The number of piperazine rings is 1. The Balaban J connectivity index is 2.07. The fourth-order valence-corrected chi connectivity index (χ4v) is 2.96. The van der Waals surface area contributed by atoms with Crippen LogP contribution in [0.25, 0.3) is 0 Å². The summed E-state index contributed by atoms with van der Waals surface area (Å²) in [5.41, 5.74) is 0.763. The van der Waals surface area contributed by atoms with Crippen molar-refractivity contribution in [1.82, 2.24) is 14.8 Å². The number of aromatic nitrogens is 1. The third-order valence-electron chi connectivity index (χ3n) is 3.82. The molecule has 2 heterocycles. The monoisotopic (exact) mass is 397 g/mol. The predicted octanol–water partition coefficient (Wildman–Crippen LogP) is 3.23. The van der Waals surface area contributed by atoms with E-state index in [1.54, 1.807) is 22.1 Å². The lowest BCUT2D eigenvalue weighted by molar-refractivity contribution is 0.00614. The first-order valence-electron chi connectivity index (χ1n) is 7.99. The van der Waals surface area contributed by atoms with E-state index >= 15 is 0 Å². The molecule has 6 nitrogen and oxygen atoms in total. The van der Waals surface area contributed by atoms with Gasteiger partial charge in [0, 0.05) is 36.3 Å². The van der Waals surface area contributed by atoms with Crippen LogP contribution in [0.2, 0.25) is 0 Å². The molecule has 1 atom stereocenters. The minimum Gasteiger partial charge on any atom is -0.444 e. The average molecular weight is 398 g/mol. The normalized spacial score (nSPS) is 18.5. The second kappa shape index (κ2) is 7.09. The van der Waals surface area contributed by atoms with Gasteiger partial charge in [-0.1, -0.05) is 0 Å². The van der Waals surface area contributed by atoms with Gasteiger partial charge in [0.15, 0.2) is 0 Å². The van der Waals surface area contributed by atoms with Gasteiger partial charge in [0.2, 0.25) is 0 Å². The Hall–Kier alpha value is -1.63. The van der Waals surface area contributed by atoms with Crippen LogP contribution >= 0.6 is 15.9 Å². The van der Waals surface area contributed by atoms with Crippen molar-refractivity contribution in [1.29, 1.82) is 0 Å². The SMILES string of the molecule is Cc1ncc(Br)cc1C(=O)N1CCN(C(=O)OC(C)(C)C)CC1C. The molecule has 0 bridgehead atoms. The highest BCUT2D eigenvalue weighted by molar-refractivity contribution is 9.10. The molecule has 0 saturated carbocycles. The molecule has 2 rings (SSSR count). The van der Waals surface area contributed by atoms with Crippen molar-refractivity contribution in [2.45, 2.75) is 46.3 Å². The quantitative estimate of drug-likeness (QED) is 0.729. The van der Waals surface area contributed by atoms with Gasteiger partial charge in [0.1, 0.15) is 5.60 Å². The zero-order valence-electron chi connectivity index (χ0n) is 14.8. The molecule has 1 aromatic rings. The number of halogens is 1. The maximum absolute atomic E-state index is 12.8. The molecule has 0 aromatic carbocycles. The second-order valence-corrected chi connectivity index (χ2v) is 7.98. The summed E-state index contributed by atoms with van der Waals surface area (Å²) in [5.74, 6) is -0.0577. The largest absolute Gasteiger partial charge is 0.444 e. The number of hydrogen-bond donors (Lipinski definition) is 0. The van der Waals surface area contributed by atoms with Gasteiger partial charge in [-0.15, -0.1) is 0 Å². The number of amides is 2. The Morgan fingerprint density at radius 3 is 2.58 bits per heavy atom. The van der Waals surface area contributed by atoms with Crippen molar-refractivity contribution in [3.8, 4) is 0 Å². The number of pyridine rings is 1. The van der Waals surface area contributed by atoms with Crippen LogP contribution in [0.4, 0.5) is 4.79 Å².